The maximum absolute atomic E-state index is 5.63. The number of thiocarbonyl (C=S) groups is 1. The fourth-order valence-corrected chi connectivity index (χ4v) is 1.92. The minimum Gasteiger partial charge on any atom is -0.439 e. The van der Waals surface area contributed by atoms with E-state index in [0.717, 1.165) is 11.3 Å². The van der Waals surface area contributed by atoms with Gasteiger partial charge >= 0.3 is 0 Å². The highest BCUT2D eigenvalue weighted by molar-refractivity contribution is 7.98. The lowest BCUT2D eigenvalue weighted by Gasteiger charge is -2.06. The SMILES string of the molecule is CSc1ccc(Oc2cc(C(N)=S)ccn2)cc1. The lowest BCUT2D eigenvalue weighted by molar-refractivity contribution is 0.462. The maximum Gasteiger partial charge on any atom is 0.219 e. The van der Waals surface area contributed by atoms with Crippen molar-refractivity contribution in [3.63, 3.8) is 0 Å². The van der Waals surface area contributed by atoms with Gasteiger partial charge in [0.1, 0.15) is 10.7 Å². The second-order valence-electron chi connectivity index (χ2n) is 3.52. The third kappa shape index (κ3) is 3.21. The molecule has 0 radical (unpaired) electrons. The lowest BCUT2D eigenvalue weighted by Crippen LogP contribution is -2.09. The van der Waals surface area contributed by atoms with E-state index in [0.29, 0.717) is 10.9 Å². The molecule has 3 nitrogen and oxygen atoms in total. The molecule has 2 rings (SSSR count). The van der Waals surface area contributed by atoms with Gasteiger partial charge in [-0.05, 0) is 36.6 Å². The summed E-state index contributed by atoms with van der Waals surface area (Å²) in [6, 6.07) is 11.3. The van der Waals surface area contributed by atoms with E-state index in [1.54, 1.807) is 30.1 Å². The summed E-state index contributed by atoms with van der Waals surface area (Å²) >= 11 is 6.60. The fraction of sp³-hybridized carbons (Fsp3) is 0.0769. The molecule has 0 amide bonds. The number of ether oxygens (including phenoxy) is 1. The highest BCUT2D eigenvalue weighted by Crippen LogP contribution is 2.23. The summed E-state index contributed by atoms with van der Waals surface area (Å²) in [7, 11) is 0. The molecule has 18 heavy (non-hydrogen) atoms. The van der Waals surface area contributed by atoms with E-state index >= 15 is 0 Å². The number of aromatic nitrogens is 1. The van der Waals surface area contributed by atoms with Crippen LogP contribution < -0.4 is 10.5 Å². The molecule has 0 aliphatic rings. The summed E-state index contributed by atoms with van der Waals surface area (Å²) < 4.78 is 5.63. The maximum atomic E-state index is 5.63. The summed E-state index contributed by atoms with van der Waals surface area (Å²) in [5.74, 6) is 1.22. The van der Waals surface area contributed by atoms with Gasteiger partial charge in [-0.1, -0.05) is 12.2 Å². The van der Waals surface area contributed by atoms with Crippen LogP contribution in [0.5, 0.6) is 11.6 Å². The van der Waals surface area contributed by atoms with Gasteiger partial charge in [-0.15, -0.1) is 11.8 Å². The fourth-order valence-electron chi connectivity index (χ4n) is 1.38. The number of nitrogens with two attached hydrogens (primary N) is 1. The van der Waals surface area contributed by atoms with E-state index in [4.69, 9.17) is 22.7 Å². The van der Waals surface area contributed by atoms with E-state index < -0.39 is 0 Å². The van der Waals surface area contributed by atoms with Gasteiger partial charge in [0.15, 0.2) is 0 Å². The molecule has 1 heterocycles. The van der Waals surface area contributed by atoms with Gasteiger partial charge in [-0.25, -0.2) is 4.98 Å². The first-order valence-corrected chi connectivity index (χ1v) is 6.90. The Balaban J connectivity index is 2.17. The van der Waals surface area contributed by atoms with Crippen molar-refractivity contribution in [2.75, 3.05) is 6.26 Å². The summed E-state index contributed by atoms with van der Waals surface area (Å²) in [4.78, 5) is 5.64. The molecule has 0 unspecified atom stereocenters. The Morgan fingerprint density at radius 2 is 2.00 bits per heavy atom. The van der Waals surface area contributed by atoms with Gasteiger partial charge in [0.2, 0.25) is 5.88 Å². The van der Waals surface area contributed by atoms with E-state index in [-0.39, 0.29) is 0 Å². The van der Waals surface area contributed by atoms with E-state index in [9.17, 15) is 0 Å². The lowest BCUT2D eigenvalue weighted by atomic mass is 10.3. The van der Waals surface area contributed by atoms with Gasteiger partial charge in [-0.3, -0.25) is 0 Å². The average Bonchev–Trinajstić information content (AvgIpc) is 2.40. The summed E-state index contributed by atoms with van der Waals surface area (Å²) in [5.41, 5.74) is 6.31. The third-order valence-electron chi connectivity index (χ3n) is 2.30. The van der Waals surface area contributed by atoms with Crippen LogP contribution in [0.1, 0.15) is 5.56 Å². The summed E-state index contributed by atoms with van der Waals surface area (Å²) in [6.45, 7) is 0. The van der Waals surface area contributed by atoms with Crippen LogP contribution in [0.3, 0.4) is 0 Å². The number of hydrogen-bond donors (Lipinski definition) is 1. The van der Waals surface area contributed by atoms with Gasteiger partial charge in [0.05, 0.1) is 0 Å². The van der Waals surface area contributed by atoms with Crippen LogP contribution in [-0.2, 0) is 0 Å². The van der Waals surface area contributed by atoms with Crippen molar-refractivity contribution in [3.8, 4) is 11.6 Å². The zero-order chi connectivity index (χ0) is 13.0. The first-order chi connectivity index (χ1) is 8.69. The molecule has 0 aliphatic carbocycles. The van der Waals surface area contributed by atoms with Crippen molar-refractivity contribution in [3.05, 3.63) is 48.2 Å². The molecule has 0 aliphatic heterocycles. The largest absolute Gasteiger partial charge is 0.439 e. The van der Waals surface area contributed by atoms with E-state index in [1.807, 2.05) is 30.5 Å². The van der Waals surface area contributed by atoms with Crippen molar-refractivity contribution in [1.29, 1.82) is 0 Å². The van der Waals surface area contributed by atoms with Crippen LogP contribution in [0.25, 0.3) is 0 Å². The minimum absolute atomic E-state index is 0.333. The Morgan fingerprint density at radius 3 is 2.61 bits per heavy atom. The number of rotatable bonds is 4. The second kappa shape index (κ2) is 5.84. The highest BCUT2D eigenvalue weighted by atomic mass is 32.2. The Hall–Kier alpha value is -1.59. The van der Waals surface area contributed by atoms with Crippen LogP contribution in [0.4, 0.5) is 0 Å². The molecule has 2 aromatic rings. The van der Waals surface area contributed by atoms with Crippen molar-refractivity contribution in [1.82, 2.24) is 4.98 Å². The Labute approximate surface area is 115 Å². The molecular weight excluding hydrogens is 264 g/mol. The van der Waals surface area contributed by atoms with Crippen molar-refractivity contribution in [2.24, 2.45) is 5.73 Å². The van der Waals surface area contributed by atoms with Gasteiger partial charge in [0, 0.05) is 22.7 Å². The molecule has 0 atom stereocenters. The number of benzene rings is 1. The molecule has 0 saturated heterocycles. The Bertz CT molecular complexity index is 555. The number of pyridine rings is 1. The molecule has 92 valence electrons. The average molecular weight is 276 g/mol. The second-order valence-corrected chi connectivity index (χ2v) is 4.84. The monoisotopic (exact) mass is 276 g/mol. The van der Waals surface area contributed by atoms with Gasteiger partial charge in [-0.2, -0.15) is 0 Å². The van der Waals surface area contributed by atoms with Gasteiger partial charge in [0.25, 0.3) is 0 Å². The molecule has 1 aromatic carbocycles. The zero-order valence-corrected chi connectivity index (χ0v) is 11.4. The first-order valence-electron chi connectivity index (χ1n) is 5.27. The highest BCUT2D eigenvalue weighted by Gasteiger charge is 2.02. The van der Waals surface area contributed by atoms with Gasteiger partial charge < -0.3 is 10.5 Å². The molecule has 0 spiro atoms. The molecule has 0 bridgehead atoms. The van der Waals surface area contributed by atoms with Crippen molar-refractivity contribution < 1.29 is 4.74 Å². The van der Waals surface area contributed by atoms with Crippen molar-refractivity contribution >= 4 is 29.0 Å². The minimum atomic E-state index is 0.333. The Kier molecular flexibility index (Phi) is 4.17. The van der Waals surface area contributed by atoms with Crippen LogP contribution >= 0.6 is 24.0 Å². The first kappa shape index (κ1) is 12.9. The molecule has 1 aromatic heterocycles. The molecule has 5 heteroatoms. The quantitative estimate of drug-likeness (QED) is 0.686. The molecular formula is C13H12N2OS2. The topological polar surface area (TPSA) is 48.1 Å². The summed E-state index contributed by atoms with van der Waals surface area (Å²) in [6.07, 6.45) is 3.66. The predicted octanol–water partition coefficient (Wildman–Crippen LogP) is 3.23. The van der Waals surface area contributed by atoms with Crippen LogP contribution in [0.2, 0.25) is 0 Å². The third-order valence-corrected chi connectivity index (χ3v) is 3.28. The normalized spacial score (nSPS) is 10.1. The Morgan fingerprint density at radius 1 is 1.28 bits per heavy atom. The van der Waals surface area contributed by atoms with Crippen molar-refractivity contribution in [2.45, 2.75) is 4.90 Å². The van der Waals surface area contributed by atoms with E-state index in [1.165, 1.54) is 4.90 Å². The predicted molar refractivity (Wildman–Crippen MR) is 78.4 cm³/mol. The van der Waals surface area contributed by atoms with E-state index in [2.05, 4.69) is 4.98 Å². The van der Waals surface area contributed by atoms with Crippen LogP contribution in [-0.4, -0.2) is 16.2 Å². The number of nitrogens with zero attached hydrogens (tertiary/aromatic N) is 1. The zero-order valence-electron chi connectivity index (χ0n) is 9.79. The standard InChI is InChI=1S/C13H12N2OS2/c1-18-11-4-2-10(3-5-11)16-12-8-9(13(14)17)6-7-15-12/h2-8H,1H3,(H2,14,17). The van der Waals surface area contributed by atoms with Crippen LogP contribution in [0, 0.1) is 0 Å². The number of thioether (sulfide) groups is 1. The molecule has 2 N–H and O–H groups in total. The molecule has 0 saturated carbocycles. The smallest absolute Gasteiger partial charge is 0.219 e. The number of hydrogen-bond acceptors (Lipinski definition) is 4. The molecule has 0 fully saturated rings. The van der Waals surface area contributed by atoms with Crippen LogP contribution in [0.15, 0.2) is 47.5 Å². The summed E-state index contributed by atoms with van der Waals surface area (Å²) in [5, 5.41) is 0.